The van der Waals surface area contributed by atoms with Crippen molar-refractivity contribution in [3.8, 4) is 11.3 Å². The minimum atomic E-state index is -0.524. The van der Waals surface area contributed by atoms with Crippen molar-refractivity contribution < 1.29 is 18.7 Å². The van der Waals surface area contributed by atoms with Crippen LogP contribution in [-0.4, -0.2) is 30.3 Å². The van der Waals surface area contributed by atoms with Crippen molar-refractivity contribution in [1.29, 1.82) is 0 Å². The molecule has 0 unspecified atom stereocenters. The zero-order chi connectivity index (χ0) is 13.9. The summed E-state index contributed by atoms with van der Waals surface area (Å²) in [7, 11) is 0. The highest BCUT2D eigenvalue weighted by Crippen LogP contribution is 2.30. The van der Waals surface area contributed by atoms with Crippen LogP contribution in [0.3, 0.4) is 0 Å². The summed E-state index contributed by atoms with van der Waals surface area (Å²) < 4.78 is 15.8. The number of hydrogen-bond acceptors (Lipinski definition) is 5. The molecule has 1 aliphatic rings. The summed E-state index contributed by atoms with van der Waals surface area (Å²) in [6.45, 7) is 1.03. The summed E-state index contributed by atoms with van der Waals surface area (Å²) >= 11 is 6.10. The normalized spacial score (nSPS) is 18.1. The summed E-state index contributed by atoms with van der Waals surface area (Å²) in [5.74, 6) is -0.205. The van der Waals surface area contributed by atoms with Gasteiger partial charge in [0, 0.05) is 12.0 Å². The third-order valence-corrected chi connectivity index (χ3v) is 3.37. The SMILES string of the molecule is O=C(O[C@@H]1CCOC1)c1ncoc1-c1ccccc1Cl. The number of rotatable bonds is 3. The average molecular weight is 294 g/mol. The molecule has 0 saturated carbocycles. The molecule has 0 amide bonds. The summed E-state index contributed by atoms with van der Waals surface area (Å²) in [6.07, 6.45) is 1.68. The maximum atomic E-state index is 12.1. The number of carbonyl (C=O) groups excluding carboxylic acids is 1. The molecule has 0 aliphatic carbocycles. The molecular weight excluding hydrogens is 282 g/mol. The van der Waals surface area contributed by atoms with Gasteiger partial charge in [0.05, 0.1) is 18.2 Å². The highest BCUT2D eigenvalue weighted by molar-refractivity contribution is 6.33. The maximum Gasteiger partial charge on any atom is 0.361 e. The Labute approximate surface area is 120 Å². The van der Waals surface area contributed by atoms with Gasteiger partial charge in [0.1, 0.15) is 6.10 Å². The molecule has 0 radical (unpaired) electrons. The molecule has 1 aromatic heterocycles. The van der Waals surface area contributed by atoms with Crippen molar-refractivity contribution in [2.24, 2.45) is 0 Å². The second-order valence-corrected chi connectivity index (χ2v) is 4.81. The van der Waals surface area contributed by atoms with E-state index in [0.29, 0.717) is 36.0 Å². The van der Waals surface area contributed by atoms with Crippen molar-refractivity contribution in [1.82, 2.24) is 4.98 Å². The van der Waals surface area contributed by atoms with E-state index in [9.17, 15) is 4.79 Å². The van der Waals surface area contributed by atoms with E-state index in [-0.39, 0.29) is 11.8 Å². The fourth-order valence-corrected chi connectivity index (χ4v) is 2.26. The maximum absolute atomic E-state index is 12.1. The van der Waals surface area contributed by atoms with Crippen molar-refractivity contribution in [2.45, 2.75) is 12.5 Å². The van der Waals surface area contributed by atoms with Gasteiger partial charge in [-0.15, -0.1) is 0 Å². The van der Waals surface area contributed by atoms with Crippen molar-refractivity contribution >= 4 is 17.6 Å². The third-order valence-electron chi connectivity index (χ3n) is 3.04. The molecule has 5 nitrogen and oxygen atoms in total. The first-order valence-corrected chi connectivity index (χ1v) is 6.60. The Balaban J connectivity index is 1.86. The Morgan fingerprint density at radius 1 is 1.40 bits per heavy atom. The van der Waals surface area contributed by atoms with Crippen LogP contribution < -0.4 is 0 Å². The van der Waals surface area contributed by atoms with Crippen LogP contribution in [0.5, 0.6) is 0 Å². The molecule has 104 valence electrons. The molecule has 3 rings (SSSR count). The number of aromatic nitrogens is 1. The Morgan fingerprint density at radius 2 is 2.25 bits per heavy atom. The topological polar surface area (TPSA) is 61.6 Å². The quantitative estimate of drug-likeness (QED) is 0.814. The van der Waals surface area contributed by atoms with E-state index in [2.05, 4.69) is 4.98 Å². The fraction of sp³-hybridized carbons (Fsp3) is 0.286. The smallest absolute Gasteiger partial charge is 0.361 e. The van der Waals surface area contributed by atoms with Crippen molar-refractivity contribution in [3.63, 3.8) is 0 Å². The lowest BCUT2D eigenvalue weighted by Gasteiger charge is -2.09. The van der Waals surface area contributed by atoms with Crippen LogP contribution in [0.25, 0.3) is 11.3 Å². The van der Waals surface area contributed by atoms with E-state index in [1.54, 1.807) is 18.2 Å². The van der Waals surface area contributed by atoms with Crippen LogP contribution in [0.1, 0.15) is 16.9 Å². The van der Waals surface area contributed by atoms with E-state index in [0.717, 1.165) is 0 Å². The first kappa shape index (κ1) is 13.1. The van der Waals surface area contributed by atoms with E-state index in [4.69, 9.17) is 25.5 Å². The molecule has 1 atom stereocenters. The largest absolute Gasteiger partial charge is 0.455 e. The number of hydrogen-bond donors (Lipinski definition) is 0. The van der Waals surface area contributed by atoms with Gasteiger partial charge < -0.3 is 13.9 Å². The van der Waals surface area contributed by atoms with Crippen LogP contribution in [0.4, 0.5) is 0 Å². The number of esters is 1. The van der Waals surface area contributed by atoms with Crippen LogP contribution in [0, 0.1) is 0 Å². The first-order valence-electron chi connectivity index (χ1n) is 6.23. The Morgan fingerprint density at radius 3 is 3.00 bits per heavy atom. The Hall–Kier alpha value is -1.85. The standard InChI is InChI=1S/C14H12ClNO4/c15-11-4-2-1-3-10(11)13-12(16-8-19-13)14(17)20-9-5-6-18-7-9/h1-4,8-9H,5-7H2/t9-/m1/s1. The Bertz CT molecular complexity index is 619. The number of ether oxygens (including phenoxy) is 2. The van der Waals surface area contributed by atoms with Crippen LogP contribution in [0.2, 0.25) is 5.02 Å². The second kappa shape index (κ2) is 5.64. The zero-order valence-electron chi connectivity index (χ0n) is 10.5. The fourth-order valence-electron chi connectivity index (χ4n) is 2.04. The van der Waals surface area contributed by atoms with Gasteiger partial charge in [-0.3, -0.25) is 0 Å². The molecular formula is C14H12ClNO4. The molecule has 1 aromatic carbocycles. The van der Waals surface area contributed by atoms with Gasteiger partial charge in [0.15, 0.2) is 17.8 Å². The molecule has 0 N–H and O–H groups in total. The minimum Gasteiger partial charge on any atom is -0.455 e. The first-order chi connectivity index (χ1) is 9.75. The monoisotopic (exact) mass is 293 g/mol. The number of benzene rings is 1. The van der Waals surface area contributed by atoms with Gasteiger partial charge >= 0.3 is 5.97 Å². The summed E-state index contributed by atoms with van der Waals surface area (Å²) in [5.41, 5.74) is 0.742. The summed E-state index contributed by atoms with van der Waals surface area (Å²) in [6, 6.07) is 7.09. The molecule has 1 aliphatic heterocycles. The summed E-state index contributed by atoms with van der Waals surface area (Å²) in [4.78, 5) is 16.1. The average Bonchev–Trinajstić information content (AvgIpc) is 3.09. The van der Waals surface area contributed by atoms with E-state index in [1.807, 2.05) is 6.07 Å². The lowest BCUT2D eigenvalue weighted by atomic mass is 10.1. The predicted molar refractivity (Wildman–Crippen MR) is 71.6 cm³/mol. The molecule has 2 heterocycles. The van der Waals surface area contributed by atoms with Crippen LogP contribution in [0.15, 0.2) is 35.1 Å². The number of oxazole rings is 1. The van der Waals surface area contributed by atoms with Crippen molar-refractivity contribution in [3.05, 3.63) is 41.4 Å². The van der Waals surface area contributed by atoms with Crippen molar-refractivity contribution in [2.75, 3.05) is 13.2 Å². The summed E-state index contributed by atoms with van der Waals surface area (Å²) in [5, 5.41) is 0.488. The van der Waals surface area contributed by atoms with Gasteiger partial charge in [0.25, 0.3) is 0 Å². The molecule has 1 saturated heterocycles. The zero-order valence-corrected chi connectivity index (χ0v) is 11.3. The molecule has 0 spiro atoms. The Kier molecular flexibility index (Phi) is 3.71. The van der Waals surface area contributed by atoms with E-state index < -0.39 is 5.97 Å². The van der Waals surface area contributed by atoms with E-state index >= 15 is 0 Å². The third kappa shape index (κ3) is 2.55. The van der Waals surface area contributed by atoms with Crippen LogP contribution >= 0.6 is 11.6 Å². The lowest BCUT2D eigenvalue weighted by Crippen LogP contribution is -2.18. The highest BCUT2D eigenvalue weighted by Gasteiger charge is 2.26. The predicted octanol–water partition coefficient (Wildman–Crippen LogP) is 2.94. The molecule has 1 fully saturated rings. The highest BCUT2D eigenvalue weighted by atomic mass is 35.5. The molecule has 20 heavy (non-hydrogen) atoms. The lowest BCUT2D eigenvalue weighted by molar-refractivity contribution is 0.0265. The number of halogens is 1. The van der Waals surface area contributed by atoms with Gasteiger partial charge in [-0.2, -0.15) is 0 Å². The minimum absolute atomic E-state index is 0.130. The number of nitrogens with zero attached hydrogens (tertiary/aromatic N) is 1. The number of carbonyl (C=O) groups is 1. The van der Waals surface area contributed by atoms with Gasteiger partial charge in [-0.05, 0) is 12.1 Å². The molecule has 6 heteroatoms. The van der Waals surface area contributed by atoms with Gasteiger partial charge in [-0.1, -0.05) is 23.7 Å². The molecule has 0 bridgehead atoms. The second-order valence-electron chi connectivity index (χ2n) is 4.40. The van der Waals surface area contributed by atoms with Gasteiger partial charge in [-0.25, -0.2) is 9.78 Å². The van der Waals surface area contributed by atoms with Gasteiger partial charge in [0.2, 0.25) is 0 Å². The van der Waals surface area contributed by atoms with E-state index in [1.165, 1.54) is 6.39 Å². The van der Waals surface area contributed by atoms with Crippen LogP contribution in [-0.2, 0) is 9.47 Å². The molecule has 2 aromatic rings.